The molecule has 5 heteroatoms. The topological polar surface area (TPSA) is 35.9 Å². The summed E-state index contributed by atoms with van der Waals surface area (Å²) in [5, 5.41) is 7.36. The third-order valence-corrected chi connectivity index (χ3v) is 9.55. The van der Waals surface area contributed by atoms with Gasteiger partial charge in [-0.1, -0.05) is 78.3 Å². The highest BCUT2D eigenvalue weighted by Gasteiger charge is 2.17. The lowest BCUT2D eigenvalue weighted by Gasteiger charge is -2.09. The van der Waals surface area contributed by atoms with Crippen LogP contribution in [0.3, 0.4) is 0 Å². The van der Waals surface area contributed by atoms with Gasteiger partial charge in [0.2, 0.25) is 0 Å². The van der Waals surface area contributed by atoms with E-state index in [1.807, 2.05) is 6.07 Å². The van der Waals surface area contributed by atoms with Crippen LogP contribution in [0.4, 0.5) is 0 Å². The summed E-state index contributed by atoms with van der Waals surface area (Å²) in [5.41, 5.74) is 10.8. The average Bonchev–Trinajstić information content (AvgIpc) is 3.76. The molecule has 0 bridgehead atoms. The largest absolute Gasteiger partial charge is 0.454 e. The number of fused-ring (bicyclic) bond motifs is 9. The number of hydrogen-bond acceptors (Lipinski definition) is 2. The van der Waals surface area contributed by atoms with E-state index in [1.54, 1.807) is 12.4 Å². The molecule has 0 aliphatic carbocycles. The van der Waals surface area contributed by atoms with Crippen molar-refractivity contribution in [3.05, 3.63) is 151 Å². The van der Waals surface area contributed by atoms with Crippen LogP contribution < -0.4 is 0 Å². The van der Waals surface area contributed by atoms with Gasteiger partial charge >= 0.3 is 0 Å². The Kier molecular flexibility index (Phi) is 5.31. The minimum absolute atomic E-state index is 0.587. The number of hydrogen-bond donors (Lipinski definition) is 0. The van der Waals surface area contributed by atoms with Crippen LogP contribution in [0, 0.1) is 0 Å². The van der Waals surface area contributed by atoms with Gasteiger partial charge in [0, 0.05) is 44.5 Å². The second-order valence-corrected chi connectivity index (χ2v) is 12.2. The molecule has 4 aromatic heterocycles. The molecule has 0 atom stereocenters. The van der Waals surface area contributed by atoms with Crippen LogP contribution in [0.15, 0.2) is 150 Å². The molecule has 10 rings (SSSR count). The molecule has 0 aliphatic rings. The summed E-state index contributed by atoms with van der Waals surface area (Å²) in [6, 6.07) is 47.9. The minimum atomic E-state index is 0.587. The fourth-order valence-corrected chi connectivity index (χ4v) is 7.51. The predicted octanol–water partition coefficient (Wildman–Crippen LogP) is 11.5. The van der Waals surface area contributed by atoms with Crippen LogP contribution in [0.5, 0.6) is 0 Å². The van der Waals surface area contributed by atoms with E-state index in [9.17, 15) is 0 Å². The minimum Gasteiger partial charge on any atom is -0.454 e. The van der Waals surface area contributed by atoms with Gasteiger partial charge in [0.05, 0.1) is 38.7 Å². The highest BCUT2D eigenvalue weighted by Crippen LogP contribution is 2.40. The zero-order chi connectivity index (χ0) is 30.4. The van der Waals surface area contributed by atoms with Crippen molar-refractivity contribution in [1.29, 1.82) is 0 Å². The fraction of sp³-hybridized carbons (Fsp3) is 0. The fourth-order valence-electron chi connectivity index (χ4n) is 7.25. The zero-order valence-corrected chi connectivity index (χ0v) is 25.2. The quantitative estimate of drug-likeness (QED) is 0.200. The van der Waals surface area contributed by atoms with Crippen molar-refractivity contribution in [1.82, 2.24) is 14.1 Å². The van der Waals surface area contributed by atoms with Crippen LogP contribution >= 0.6 is 11.6 Å². The van der Waals surface area contributed by atoms with E-state index in [1.165, 1.54) is 43.7 Å². The molecule has 0 fully saturated rings. The Morgan fingerprint density at radius 2 is 1.04 bits per heavy atom. The molecule has 10 aromatic rings. The number of halogens is 1. The predicted molar refractivity (Wildman–Crippen MR) is 191 cm³/mol. The van der Waals surface area contributed by atoms with E-state index >= 15 is 0 Å². The molecular weight excluding hydrogens is 586 g/mol. The van der Waals surface area contributed by atoms with Crippen molar-refractivity contribution in [3.8, 4) is 22.5 Å². The van der Waals surface area contributed by atoms with E-state index in [4.69, 9.17) is 16.0 Å². The second-order valence-electron chi connectivity index (χ2n) is 11.8. The second kappa shape index (κ2) is 9.58. The molecule has 0 saturated heterocycles. The lowest BCUT2D eigenvalue weighted by molar-refractivity contribution is 0.667. The van der Waals surface area contributed by atoms with Gasteiger partial charge in [-0.25, -0.2) is 0 Å². The third-order valence-electron chi connectivity index (χ3n) is 9.27. The summed E-state index contributed by atoms with van der Waals surface area (Å²) in [5.74, 6) is 0. The summed E-state index contributed by atoms with van der Waals surface area (Å²) in [7, 11) is 0. The van der Waals surface area contributed by atoms with Gasteiger partial charge in [0.1, 0.15) is 5.58 Å². The molecule has 6 aromatic carbocycles. The highest BCUT2D eigenvalue weighted by atomic mass is 35.5. The molecular formula is C41H24ClN3O. The van der Waals surface area contributed by atoms with Gasteiger partial charge in [-0.15, -0.1) is 0 Å². The van der Waals surface area contributed by atoms with E-state index in [0.29, 0.717) is 10.6 Å². The van der Waals surface area contributed by atoms with Crippen molar-refractivity contribution < 1.29 is 4.42 Å². The first-order chi connectivity index (χ1) is 22.7. The highest BCUT2D eigenvalue weighted by molar-refractivity contribution is 6.37. The van der Waals surface area contributed by atoms with Crippen LogP contribution in [-0.2, 0) is 0 Å². The number of aromatic nitrogens is 3. The number of furan rings is 1. The number of rotatable bonds is 3. The first kappa shape index (κ1) is 25.5. The molecule has 216 valence electrons. The van der Waals surface area contributed by atoms with Crippen molar-refractivity contribution in [3.63, 3.8) is 0 Å². The van der Waals surface area contributed by atoms with Crippen molar-refractivity contribution in [2.75, 3.05) is 0 Å². The first-order valence-electron chi connectivity index (χ1n) is 15.3. The Hall–Kier alpha value is -5.84. The number of nitrogens with zero attached hydrogens (tertiary/aromatic N) is 3. The summed E-state index contributed by atoms with van der Waals surface area (Å²) in [6.07, 6.45) is 3.39. The Labute approximate surface area is 268 Å². The maximum atomic E-state index is 6.59. The molecule has 0 amide bonds. The molecule has 4 heterocycles. The Bertz CT molecular complexity index is 2820. The third kappa shape index (κ3) is 3.59. The number of benzene rings is 6. The van der Waals surface area contributed by atoms with E-state index < -0.39 is 0 Å². The van der Waals surface area contributed by atoms with Crippen LogP contribution in [-0.4, -0.2) is 14.1 Å². The van der Waals surface area contributed by atoms with Gasteiger partial charge in [-0.2, -0.15) is 0 Å². The SMILES string of the molecule is Clc1cncc2oc3ccc(-n4c5ccccc5c5cc(-c6ccc7c(c6)c6ccccc6n7-c6ccccc6)ccc54)cc3c12. The summed E-state index contributed by atoms with van der Waals surface area (Å²) < 4.78 is 10.8. The van der Waals surface area contributed by atoms with Crippen LogP contribution in [0.1, 0.15) is 0 Å². The molecule has 0 saturated carbocycles. The summed E-state index contributed by atoms with van der Waals surface area (Å²) in [6.45, 7) is 0. The monoisotopic (exact) mass is 609 g/mol. The van der Waals surface area contributed by atoms with E-state index in [-0.39, 0.29) is 0 Å². The van der Waals surface area contributed by atoms with Crippen molar-refractivity contribution >= 4 is 77.2 Å². The Morgan fingerprint density at radius 3 is 1.72 bits per heavy atom. The van der Waals surface area contributed by atoms with E-state index in [2.05, 4.69) is 142 Å². The van der Waals surface area contributed by atoms with Gasteiger partial charge < -0.3 is 13.6 Å². The van der Waals surface area contributed by atoms with Gasteiger partial charge in [-0.05, 0) is 77.9 Å². The van der Waals surface area contributed by atoms with Gasteiger partial charge in [0.15, 0.2) is 5.58 Å². The lowest BCUT2D eigenvalue weighted by atomic mass is 10.0. The lowest BCUT2D eigenvalue weighted by Crippen LogP contribution is -1.93. The van der Waals surface area contributed by atoms with Crippen LogP contribution in [0.2, 0.25) is 5.02 Å². The smallest absolute Gasteiger partial charge is 0.155 e. The molecule has 46 heavy (non-hydrogen) atoms. The van der Waals surface area contributed by atoms with Gasteiger partial charge in [-0.3, -0.25) is 4.98 Å². The van der Waals surface area contributed by atoms with Crippen LogP contribution in [0.25, 0.3) is 88.1 Å². The summed E-state index contributed by atoms with van der Waals surface area (Å²) in [4.78, 5) is 4.21. The standard InChI is InChI=1S/C41H24ClN3O/c42-34-23-43-24-40-41(34)33-22-28(16-19-39(33)46-40)45-36-13-7-5-11-30(36)32-21-26(15-18-38(32)45)25-14-17-37-31(20-25)29-10-4-6-12-35(29)44(37)27-8-2-1-3-9-27/h1-24H. The van der Waals surface area contributed by atoms with Crippen molar-refractivity contribution in [2.24, 2.45) is 0 Å². The number of pyridine rings is 1. The van der Waals surface area contributed by atoms with Gasteiger partial charge in [0.25, 0.3) is 0 Å². The maximum absolute atomic E-state index is 6.59. The molecule has 0 spiro atoms. The summed E-state index contributed by atoms with van der Waals surface area (Å²) >= 11 is 6.59. The molecule has 0 radical (unpaired) electrons. The zero-order valence-electron chi connectivity index (χ0n) is 24.5. The normalized spacial score (nSPS) is 12.0. The average molecular weight is 610 g/mol. The Balaban J connectivity index is 1.18. The first-order valence-corrected chi connectivity index (χ1v) is 15.7. The molecule has 0 aliphatic heterocycles. The molecule has 0 unspecified atom stereocenters. The molecule has 4 nitrogen and oxygen atoms in total. The maximum Gasteiger partial charge on any atom is 0.155 e. The van der Waals surface area contributed by atoms with E-state index in [0.717, 1.165) is 38.8 Å². The van der Waals surface area contributed by atoms with Crippen molar-refractivity contribution in [2.45, 2.75) is 0 Å². The molecule has 0 N–H and O–H groups in total. The number of para-hydroxylation sites is 3. The Morgan fingerprint density at radius 1 is 0.457 bits per heavy atom.